The van der Waals surface area contributed by atoms with E-state index in [0.717, 1.165) is 5.69 Å². The minimum Gasteiger partial charge on any atom is -0.303 e. The molecule has 2 N–H and O–H groups in total. The molecule has 7 heteroatoms. The van der Waals surface area contributed by atoms with Crippen molar-refractivity contribution in [1.82, 2.24) is 23.8 Å². The van der Waals surface area contributed by atoms with Gasteiger partial charge >= 0.3 is 0 Å². The predicted molar refractivity (Wildman–Crippen MR) is 79.4 cm³/mol. The fourth-order valence-corrected chi connectivity index (χ4v) is 1.80. The molecule has 1 amide bonds. The van der Waals surface area contributed by atoms with Gasteiger partial charge in [-0.3, -0.25) is 8.32 Å². The molecule has 0 aliphatic rings. The normalized spacial score (nSPS) is 10.4. The van der Waals surface area contributed by atoms with Gasteiger partial charge in [0, 0.05) is 6.54 Å². The number of nitrogens with one attached hydrogen (secondary N) is 2. The van der Waals surface area contributed by atoms with Crippen LogP contribution in [0.25, 0.3) is 0 Å². The highest BCUT2D eigenvalue weighted by atomic mass is 127. The smallest absolute Gasteiger partial charge is 0.242 e. The van der Waals surface area contributed by atoms with E-state index in [9.17, 15) is 4.79 Å². The van der Waals surface area contributed by atoms with Gasteiger partial charge in [0.15, 0.2) is 0 Å². The van der Waals surface area contributed by atoms with Gasteiger partial charge in [0.25, 0.3) is 0 Å². The fraction of sp³-hybridized carbons (Fsp3) is 0.250. The molecule has 6 nitrogen and oxygen atoms in total. The Balaban J connectivity index is 1.84. The van der Waals surface area contributed by atoms with Crippen LogP contribution >= 0.6 is 22.9 Å². The molecule has 0 bridgehead atoms. The number of rotatable bonds is 6. The third kappa shape index (κ3) is 4.60. The van der Waals surface area contributed by atoms with E-state index >= 15 is 0 Å². The van der Waals surface area contributed by atoms with Crippen molar-refractivity contribution in [2.45, 2.75) is 13.1 Å². The maximum absolute atomic E-state index is 11.0. The van der Waals surface area contributed by atoms with E-state index in [1.165, 1.54) is 5.56 Å². The Labute approximate surface area is 125 Å². The summed E-state index contributed by atoms with van der Waals surface area (Å²) >= 11 is 1.81. The Bertz CT molecular complexity index is 528. The van der Waals surface area contributed by atoms with Crippen molar-refractivity contribution >= 4 is 28.8 Å². The Hall–Kier alpha value is -1.48. The Morgan fingerprint density at radius 2 is 2.11 bits per heavy atom. The average Bonchev–Trinajstić information content (AvgIpc) is 2.87. The van der Waals surface area contributed by atoms with Gasteiger partial charge in [-0.2, -0.15) is 0 Å². The lowest BCUT2D eigenvalue weighted by atomic mass is 10.2. The van der Waals surface area contributed by atoms with Gasteiger partial charge in [-0.1, -0.05) is 35.5 Å². The largest absolute Gasteiger partial charge is 0.303 e. The van der Waals surface area contributed by atoms with Crippen LogP contribution in [0.2, 0.25) is 0 Å². The van der Waals surface area contributed by atoms with Crippen LogP contribution in [0.5, 0.6) is 0 Å². The first-order chi connectivity index (χ1) is 9.28. The molecule has 100 valence electrons. The molecule has 1 aromatic heterocycles. The van der Waals surface area contributed by atoms with Crippen molar-refractivity contribution in [3.63, 3.8) is 0 Å². The number of hydrogen-bond donors (Lipinski definition) is 2. The Morgan fingerprint density at radius 1 is 1.32 bits per heavy atom. The summed E-state index contributed by atoms with van der Waals surface area (Å²) < 4.78 is 4.30. The SMILES string of the molecule is O=C(CNCc1cn(Cc2ccccc2)nn1)NI. The third-order valence-corrected chi connectivity index (χ3v) is 3.07. The zero-order chi connectivity index (χ0) is 13.5. The molecule has 0 aliphatic carbocycles. The maximum atomic E-state index is 11.0. The number of benzene rings is 1. The molecule has 1 heterocycles. The van der Waals surface area contributed by atoms with Crippen molar-refractivity contribution in [2.24, 2.45) is 0 Å². The lowest BCUT2D eigenvalue weighted by molar-refractivity contribution is -0.118. The minimum absolute atomic E-state index is 0.0581. The highest BCUT2D eigenvalue weighted by molar-refractivity contribution is 14.1. The first kappa shape index (κ1) is 13.9. The summed E-state index contributed by atoms with van der Waals surface area (Å²) in [5.41, 5.74) is 1.99. The summed E-state index contributed by atoms with van der Waals surface area (Å²) in [6, 6.07) is 10.1. The van der Waals surface area contributed by atoms with Crippen LogP contribution in [0.3, 0.4) is 0 Å². The molecule has 0 saturated carbocycles. The standard InChI is InChI=1S/C12H14IN5O/c13-15-12(19)7-14-6-11-9-18(17-16-11)8-10-4-2-1-3-5-10/h1-5,9,14H,6-8H2,(H,15,19). The number of carbonyl (C=O) groups is 1. The van der Waals surface area contributed by atoms with E-state index in [2.05, 4.69) is 19.2 Å². The number of amides is 1. The van der Waals surface area contributed by atoms with E-state index in [1.54, 1.807) is 4.68 Å². The minimum atomic E-state index is -0.0581. The topological polar surface area (TPSA) is 71.8 Å². The van der Waals surface area contributed by atoms with Gasteiger partial charge in [-0.25, -0.2) is 4.68 Å². The number of hydrogen-bond acceptors (Lipinski definition) is 4. The lowest BCUT2D eigenvalue weighted by Crippen LogP contribution is -2.28. The highest BCUT2D eigenvalue weighted by Crippen LogP contribution is 2.01. The van der Waals surface area contributed by atoms with E-state index in [4.69, 9.17) is 0 Å². The Kier molecular flexibility index (Phi) is 5.28. The number of carbonyl (C=O) groups excluding carboxylic acids is 1. The zero-order valence-electron chi connectivity index (χ0n) is 10.2. The maximum Gasteiger partial charge on any atom is 0.242 e. The van der Waals surface area contributed by atoms with Gasteiger partial charge < -0.3 is 5.32 Å². The summed E-state index contributed by atoms with van der Waals surface area (Å²) in [6.07, 6.45) is 1.88. The molecule has 0 saturated heterocycles. The van der Waals surface area contributed by atoms with Crippen molar-refractivity contribution in [2.75, 3.05) is 6.54 Å². The fourth-order valence-electron chi connectivity index (χ4n) is 1.60. The summed E-state index contributed by atoms with van der Waals surface area (Å²) in [7, 11) is 0. The van der Waals surface area contributed by atoms with Gasteiger partial charge in [-0.15, -0.1) is 5.10 Å². The molecule has 1 aromatic carbocycles. The molecular weight excluding hydrogens is 357 g/mol. The van der Waals surface area contributed by atoms with Crippen molar-refractivity contribution < 1.29 is 4.79 Å². The van der Waals surface area contributed by atoms with E-state index in [-0.39, 0.29) is 12.5 Å². The molecule has 2 rings (SSSR count). The van der Waals surface area contributed by atoms with Crippen LogP contribution in [0, 0.1) is 0 Å². The van der Waals surface area contributed by atoms with Gasteiger partial charge in [0.05, 0.1) is 47.8 Å². The van der Waals surface area contributed by atoms with Crippen LogP contribution in [0.1, 0.15) is 11.3 Å². The van der Waals surface area contributed by atoms with Crippen LogP contribution in [-0.4, -0.2) is 27.4 Å². The van der Waals surface area contributed by atoms with Crippen LogP contribution < -0.4 is 8.85 Å². The molecule has 0 atom stereocenters. The van der Waals surface area contributed by atoms with Crippen molar-refractivity contribution in [1.29, 1.82) is 0 Å². The van der Waals surface area contributed by atoms with Gasteiger partial charge in [-0.05, 0) is 5.56 Å². The highest BCUT2D eigenvalue weighted by Gasteiger charge is 2.03. The number of halogens is 1. The molecule has 0 spiro atoms. The van der Waals surface area contributed by atoms with Crippen LogP contribution in [0.4, 0.5) is 0 Å². The second-order valence-corrected chi connectivity index (χ2v) is 4.55. The second kappa shape index (κ2) is 7.19. The van der Waals surface area contributed by atoms with E-state index in [0.29, 0.717) is 13.1 Å². The third-order valence-electron chi connectivity index (χ3n) is 2.47. The first-order valence-electron chi connectivity index (χ1n) is 5.81. The summed E-state index contributed by atoms with van der Waals surface area (Å²) in [6.45, 7) is 1.50. The lowest BCUT2D eigenvalue weighted by Gasteiger charge is -2.00. The molecule has 0 aliphatic heterocycles. The molecule has 0 fully saturated rings. The van der Waals surface area contributed by atoms with Crippen molar-refractivity contribution in [3.8, 4) is 0 Å². The molecule has 19 heavy (non-hydrogen) atoms. The Morgan fingerprint density at radius 3 is 2.84 bits per heavy atom. The van der Waals surface area contributed by atoms with Crippen LogP contribution in [-0.2, 0) is 17.9 Å². The molecule has 0 radical (unpaired) electrons. The summed E-state index contributed by atoms with van der Waals surface area (Å²) in [5, 5.41) is 11.1. The molecular formula is C12H14IN5O. The second-order valence-electron chi connectivity index (χ2n) is 4.01. The molecule has 0 unspecified atom stereocenters. The number of nitrogens with zero attached hydrogens (tertiary/aromatic N) is 3. The van der Waals surface area contributed by atoms with Crippen molar-refractivity contribution in [3.05, 3.63) is 47.8 Å². The monoisotopic (exact) mass is 371 g/mol. The molecule has 2 aromatic rings. The van der Waals surface area contributed by atoms with Gasteiger partial charge in [0.1, 0.15) is 0 Å². The predicted octanol–water partition coefficient (Wildman–Crippen LogP) is 0.882. The summed E-state index contributed by atoms with van der Waals surface area (Å²) in [5.74, 6) is -0.0581. The zero-order valence-corrected chi connectivity index (χ0v) is 12.4. The average molecular weight is 371 g/mol. The summed E-state index contributed by atoms with van der Waals surface area (Å²) in [4.78, 5) is 11.0. The van der Waals surface area contributed by atoms with E-state index in [1.807, 2.05) is 59.4 Å². The van der Waals surface area contributed by atoms with Crippen LogP contribution in [0.15, 0.2) is 36.5 Å². The number of aromatic nitrogens is 3. The van der Waals surface area contributed by atoms with Gasteiger partial charge in [0.2, 0.25) is 5.91 Å². The first-order valence-corrected chi connectivity index (χ1v) is 6.89. The van der Waals surface area contributed by atoms with E-state index < -0.39 is 0 Å². The quantitative estimate of drug-likeness (QED) is 0.584.